The van der Waals surface area contributed by atoms with E-state index >= 15 is 0 Å². The van der Waals surface area contributed by atoms with Crippen LogP contribution < -0.4 is 0 Å². The molecule has 2 bridgehead atoms. The first-order valence-electron chi connectivity index (χ1n) is 4.28. The third kappa shape index (κ3) is 1.05. The summed E-state index contributed by atoms with van der Waals surface area (Å²) >= 11 is 0. The minimum atomic E-state index is -4.10. The highest BCUT2D eigenvalue weighted by atomic mass is 19.3. The molecule has 3 unspecified atom stereocenters. The van der Waals surface area contributed by atoms with Gasteiger partial charge < -0.3 is 0 Å². The predicted octanol–water partition coefficient (Wildman–Crippen LogP) is 3.61. The van der Waals surface area contributed by atoms with E-state index in [9.17, 15) is 26.3 Å². The number of halogens is 6. The van der Waals surface area contributed by atoms with Gasteiger partial charge in [-0.25, -0.2) is 17.6 Å². The third-order valence-corrected chi connectivity index (χ3v) is 3.03. The summed E-state index contributed by atoms with van der Waals surface area (Å²) in [7, 11) is 0. The van der Waals surface area contributed by atoms with Crippen LogP contribution in [0.3, 0.4) is 0 Å². The van der Waals surface area contributed by atoms with E-state index in [1.54, 1.807) is 0 Å². The standard InChI is InChI=1S/C9H6F6/c10-6(7(11)12)8(13)4-1-2-5(3-4)9(8,14)15/h1-2,4-5H,3H2. The zero-order chi connectivity index (χ0) is 11.4. The fourth-order valence-electron chi connectivity index (χ4n) is 2.23. The minimum absolute atomic E-state index is 0.329. The van der Waals surface area contributed by atoms with Crippen molar-refractivity contribution < 1.29 is 26.3 Å². The summed E-state index contributed by atoms with van der Waals surface area (Å²) in [6.45, 7) is 0. The van der Waals surface area contributed by atoms with Crippen molar-refractivity contribution in [3.05, 3.63) is 24.1 Å². The van der Waals surface area contributed by atoms with E-state index in [0.717, 1.165) is 12.2 Å². The number of hydrogen-bond acceptors (Lipinski definition) is 0. The molecule has 0 aliphatic heterocycles. The van der Waals surface area contributed by atoms with Crippen molar-refractivity contribution in [3.63, 3.8) is 0 Å². The smallest absolute Gasteiger partial charge is 0.228 e. The summed E-state index contributed by atoms with van der Waals surface area (Å²) in [6, 6.07) is 0. The summed E-state index contributed by atoms with van der Waals surface area (Å²) in [5, 5.41) is 0. The van der Waals surface area contributed by atoms with Crippen molar-refractivity contribution in [1.82, 2.24) is 0 Å². The van der Waals surface area contributed by atoms with E-state index in [1.807, 2.05) is 0 Å². The van der Waals surface area contributed by atoms with Gasteiger partial charge in [0.05, 0.1) is 0 Å². The van der Waals surface area contributed by atoms with Gasteiger partial charge in [0.2, 0.25) is 11.5 Å². The Morgan fingerprint density at radius 3 is 1.93 bits per heavy atom. The van der Waals surface area contributed by atoms with E-state index in [4.69, 9.17) is 0 Å². The highest BCUT2D eigenvalue weighted by Gasteiger charge is 2.73. The van der Waals surface area contributed by atoms with Gasteiger partial charge in [0.1, 0.15) is 0 Å². The maximum Gasteiger partial charge on any atom is 0.305 e. The lowest BCUT2D eigenvalue weighted by Gasteiger charge is -2.32. The number of allylic oxidation sites excluding steroid dienone is 3. The van der Waals surface area contributed by atoms with E-state index in [2.05, 4.69) is 0 Å². The van der Waals surface area contributed by atoms with Gasteiger partial charge in [-0.3, -0.25) is 0 Å². The predicted molar refractivity (Wildman–Crippen MR) is 39.9 cm³/mol. The SMILES string of the molecule is FC(F)=C(F)C1(F)C2C=CC(C2)C1(F)F. The lowest BCUT2D eigenvalue weighted by molar-refractivity contribution is -0.136. The number of rotatable bonds is 1. The van der Waals surface area contributed by atoms with Crippen LogP contribution in [-0.4, -0.2) is 11.6 Å². The Kier molecular flexibility index (Phi) is 1.97. The Morgan fingerprint density at radius 2 is 1.53 bits per heavy atom. The first-order valence-corrected chi connectivity index (χ1v) is 4.28. The number of fused-ring (bicyclic) bond motifs is 2. The van der Waals surface area contributed by atoms with E-state index in [-0.39, 0.29) is 6.42 Å². The normalized spacial score (nSPS) is 40.9. The van der Waals surface area contributed by atoms with E-state index in [0.29, 0.717) is 0 Å². The zero-order valence-corrected chi connectivity index (χ0v) is 7.28. The maximum absolute atomic E-state index is 13.7. The second-order valence-electron chi connectivity index (χ2n) is 3.74. The van der Waals surface area contributed by atoms with Crippen LogP contribution in [0.1, 0.15) is 6.42 Å². The number of hydrogen-bond donors (Lipinski definition) is 0. The molecular formula is C9H6F6. The van der Waals surface area contributed by atoms with Crippen molar-refractivity contribution >= 4 is 0 Å². The molecule has 6 heteroatoms. The van der Waals surface area contributed by atoms with Crippen LogP contribution >= 0.6 is 0 Å². The average Bonchev–Trinajstić information content (AvgIpc) is 2.68. The van der Waals surface area contributed by atoms with Crippen LogP contribution in [-0.2, 0) is 0 Å². The minimum Gasteiger partial charge on any atom is -0.228 e. The summed E-state index contributed by atoms with van der Waals surface area (Å²) in [6.07, 6.45) is -1.26. The third-order valence-electron chi connectivity index (χ3n) is 3.03. The Labute approximate surface area is 81.3 Å². The molecule has 0 aromatic heterocycles. The molecule has 1 fully saturated rings. The number of alkyl halides is 3. The lowest BCUT2D eigenvalue weighted by Crippen LogP contribution is -2.48. The summed E-state index contributed by atoms with van der Waals surface area (Å²) in [4.78, 5) is 0. The van der Waals surface area contributed by atoms with Crippen LogP contribution in [0.5, 0.6) is 0 Å². The summed E-state index contributed by atoms with van der Waals surface area (Å²) < 4.78 is 76.9. The van der Waals surface area contributed by atoms with Gasteiger partial charge in [0.15, 0.2) is 0 Å². The molecule has 3 atom stereocenters. The fourth-order valence-corrected chi connectivity index (χ4v) is 2.23. The molecule has 1 saturated carbocycles. The van der Waals surface area contributed by atoms with Gasteiger partial charge in [-0.15, -0.1) is 0 Å². The second-order valence-corrected chi connectivity index (χ2v) is 3.74. The van der Waals surface area contributed by atoms with Crippen LogP contribution in [0.25, 0.3) is 0 Å². The summed E-state index contributed by atoms with van der Waals surface area (Å²) in [5.74, 6) is -9.72. The van der Waals surface area contributed by atoms with E-state index < -0.39 is 35.3 Å². The van der Waals surface area contributed by atoms with Crippen molar-refractivity contribution in [2.45, 2.75) is 18.0 Å². The molecule has 2 aliphatic carbocycles. The average molecular weight is 228 g/mol. The van der Waals surface area contributed by atoms with Gasteiger partial charge in [-0.05, 0) is 6.42 Å². The molecule has 0 spiro atoms. The van der Waals surface area contributed by atoms with Gasteiger partial charge in [-0.1, -0.05) is 12.2 Å². The Balaban J connectivity index is 2.54. The first-order chi connectivity index (χ1) is 6.81. The Hall–Kier alpha value is -0.940. The van der Waals surface area contributed by atoms with Crippen LogP contribution in [0.4, 0.5) is 26.3 Å². The molecule has 0 saturated heterocycles. The molecule has 0 nitrogen and oxygen atoms in total. The Morgan fingerprint density at radius 1 is 1.00 bits per heavy atom. The van der Waals surface area contributed by atoms with Crippen LogP contribution in [0.2, 0.25) is 0 Å². The molecule has 0 radical (unpaired) electrons. The molecule has 15 heavy (non-hydrogen) atoms. The highest BCUT2D eigenvalue weighted by Crippen LogP contribution is 2.61. The molecular weight excluding hydrogens is 222 g/mol. The molecule has 2 aliphatic rings. The van der Waals surface area contributed by atoms with Gasteiger partial charge >= 0.3 is 6.08 Å². The highest BCUT2D eigenvalue weighted by molar-refractivity contribution is 5.33. The molecule has 0 amide bonds. The van der Waals surface area contributed by atoms with Crippen molar-refractivity contribution in [2.75, 3.05) is 0 Å². The zero-order valence-electron chi connectivity index (χ0n) is 7.28. The second kappa shape index (κ2) is 2.80. The molecule has 84 valence electrons. The van der Waals surface area contributed by atoms with Crippen LogP contribution in [0.15, 0.2) is 24.1 Å². The van der Waals surface area contributed by atoms with Crippen LogP contribution in [0, 0.1) is 11.8 Å². The first kappa shape index (κ1) is 10.6. The molecule has 2 rings (SSSR count). The monoisotopic (exact) mass is 228 g/mol. The van der Waals surface area contributed by atoms with Crippen molar-refractivity contribution in [3.8, 4) is 0 Å². The van der Waals surface area contributed by atoms with E-state index in [1.165, 1.54) is 0 Å². The largest absolute Gasteiger partial charge is 0.305 e. The molecule has 0 N–H and O–H groups in total. The van der Waals surface area contributed by atoms with Gasteiger partial charge in [-0.2, -0.15) is 8.78 Å². The molecule has 0 aromatic rings. The fraction of sp³-hybridized carbons (Fsp3) is 0.556. The summed E-state index contributed by atoms with van der Waals surface area (Å²) in [5.41, 5.74) is -3.87. The maximum atomic E-state index is 13.7. The topological polar surface area (TPSA) is 0 Å². The Bertz CT molecular complexity index is 354. The molecule has 0 aromatic carbocycles. The quantitative estimate of drug-likeness (QED) is 0.475. The lowest BCUT2D eigenvalue weighted by atomic mass is 9.86. The van der Waals surface area contributed by atoms with Gasteiger partial charge in [0.25, 0.3) is 5.92 Å². The molecule has 0 heterocycles. The van der Waals surface area contributed by atoms with Crippen molar-refractivity contribution in [2.24, 2.45) is 11.8 Å². The van der Waals surface area contributed by atoms with Gasteiger partial charge in [0, 0.05) is 11.8 Å². The van der Waals surface area contributed by atoms with Crippen molar-refractivity contribution in [1.29, 1.82) is 0 Å².